The molecule has 0 aliphatic carbocycles. The zero-order valence-electron chi connectivity index (χ0n) is 13.6. The molecule has 24 heavy (non-hydrogen) atoms. The van der Waals surface area contributed by atoms with E-state index >= 15 is 0 Å². The molecule has 0 unspecified atom stereocenters. The molecule has 0 spiro atoms. The van der Waals surface area contributed by atoms with Gasteiger partial charge in [0.1, 0.15) is 5.75 Å². The maximum atomic E-state index is 13.1. The number of methoxy groups -OCH3 is 1. The minimum Gasteiger partial charge on any atom is -0.495 e. The summed E-state index contributed by atoms with van der Waals surface area (Å²) >= 11 is 2.89. The fourth-order valence-corrected chi connectivity index (χ4v) is 4.34. The molecule has 0 N–H and O–H groups in total. The summed E-state index contributed by atoms with van der Waals surface area (Å²) in [7, 11) is 1.53. The molecule has 0 saturated heterocycles. The number of imide groups is 1. The van der Waals surface area contributed by atoms with E-state index in [4.69, 9.17) is 4.74 Å². The van der Waals surface area contributed by atoms with Gasteiger partial charge < -0.3 is 4.74 Å². The first-order valence-electron chi connectivity index (χ1n) is 7.51. The molecular weight excluding hydrogens is 342 g/mol. The quantitative estimate of drug-likeness (QED) is 0.751. The van der Waals surface area contributed by atoms with Crippen LogP contribution in [0, 0.1) is 0 Å². The molecular formula is C18H17NO3S2. The van der Waals surface area contributed by atoms with Crippen LogP contribution >= 0.6 is 23.1 Å². The molecule has 2 amide bonds. The minimum atomic E-state index is -0.296. The molecule has 6 heteroatoms. The molecule has 2 heterocycles. The maximum absolute atomic E-state index is 13.1. The number of nitrogens with zero attached hydrogens (tertiary/aromatic N) is 1. The van der Waals surface area contributed by atoms with Crippen molar-refractivity contribution in [1.82, 2.24) is 0 Å². The second-order valence-corrected chi connectivity index (χ2v) is 8.00. The number of para-hydroxylation sites is 2. The Kier molecular flexibility index (Phi) is 4.78. The highest BCUT2D eigenvalue weighted by Gasteiger charge is 2.41. The fraction of sp³-hybridized carbons (Fsp3) is 0.222. The van der Waals surface area contributed by atoms with Crippen LogP contribution in [0.25, 0.3) is 5.57 Å². The van der Waals surface area contributed by atoms with E-state index in [0.717, 1.165) is 4.88 Å². The van der Waals surface area contributed by atoms with Gasteiger partial charge in [-0.05, 0) is 23.6 Å². The maximum Gasteiger partial charge on any atom is 0.272 e. The van der Waals surface area contributed by atoms with Crippen LogP contribution in [0.3, 0.4) is 0 Å². The normalized spacial score (nSPS) is 14.9. The van der Waals surface area contributed by atoms with Crippen molar-refractivity contribution in [3.63, 3.8) is 0 Å². The van der Waals surface area contributed by atoms with Crippen molar-refractivity contribution < 1.29 is 14.3 Å². The van der Waals surface area contributed by atoms with E-state index in [1.54, 1.807) is 18.2 Å². The van der Waals surface area contributed by atoms with Crippen LogP contribution in [-0.4, -0.2) is 24.2 Å². The fourth-order valence-electron chi connectivity index (χ4n) is 2.53. The van der Waals surface area contributed by atoms with Crippen LogP contribution < -0.4 is 9.64 Å². The van der Waals surface area contributed by atoms with Crippen LogP contribution in [0.2, 0.25) is 0 Å². The summed E-state index contributed by atoms with van der Waals surface area (Å²) in [6, 6.07) is 10.8. The van der Waals surface area contributed by atoms with Gasteiger partial charge >= 0.3 is 0 Å². The van der Waals surface area contributed by atoms with Gasteiger partial charge in [0.15, 0.2) is 0 Å². The lowest BCUT2D eigenvalue weighted by Crippen LogP contribution is -2.31. The molecule has 1 aromatic carbocycles. The molecule has 0 fully saturated rings. The van der Waals surface area contributed by atoms with Crippen molar-refractivity contribution in [2.24, 2.45) is 0 Å². The average Bonchev–Trinajstić information content (AvgIpc) is 3.15. The Balaban J connectivity index is 2.11. The molecule has 0 bridgehead atoms. The molecule has 0 saturated carbocycles. The van der Waals surface area contributed by atoms with Crippen LogP contribution in [0.5, 0.6) is 5.75 Å². The van der Waals surface area contributed by atoms with E-state index in [0.29, 0.717) is 21.9 Å². The standard InChI is InChI=1S/C18H17NO3S2/c1-11(2)24-16-15(14-9-6-10-23-14)17(20)19(18(16)21)12-7-4-5-8-13(12)22-3/h4-11H,1-3H3. The lowest BCUT2D eigenvalue weighted by atomic mass is 10.2. The molecule has 1 aliphatic heterocycles. The highest BCUT2D eigenvalue weighted by molar-refractivity contribution is 8.04. The summed E-state index contributed by atoms with van der Waals surface area (Å²) in [6.45, 7) is 4.01. The number of thiophene rings is 1. The van der Waals surface area contributed by atoms with Crippen molar-refractivity contribution in [1.29, 1.82) is 0 Å². The van der Waals surface area contributed by atoms with Gasteiger partial charge in [0.05, 0.1) is 23.3 Å². The summed E-state index contributed by atoms with van der Waals surface area (Å²) in [5.41, 5.74) is 0.961. The Hall–Kier alpha value is -2.05. The van der Waals surface area contributed by atoms with Crippen molar-refractivity contribution in [3.8, 4) is 5.75 Å². The van der Waals surface area contributed by atoms with E-state index < -0.39 is 0 Å². The monoisotopic (exact) mass is 359 g/mol. The number of thioether (sulfide) groups is 1. The zero-order valence-corrected chi connectivity index (χ0v) is 15.2. The second-order valence-electron chi connectivity index (χ2n) is 5.47. The van der Waals surface area contributed by atoms with Gasteiger partial charge in [0.2, 0.25) is 0 Å². The number of ether oxygens (including phenoxy) is 1. The van der Waals surface area contributed by atoms with Gasteiger partial charge in [-0.15, -0.1) is 23.1 Å². The molecule has 2 aromatic rings. The SMILES string of the molecule is COc1ccccc1N1C(=O)C(SC(C)C)=C(c2cccs2)C1=O. The summed E-state index contributed by atoms with van der Waals surface area (Å²) in [5.74, 6) is -0.0813. The van der Waals surface area contributed by atoms with Crippen molar-refractivity contribution >= 4 is 46.2 Å². The number of hydrogen-bond donors (Lipinski definition) is 0. The Labute approximate surface area is 149 Å². The molecule has 1 aromatic heterocycles. The van der Waals surface area contributed by atoms with Gasteiger partial charge in [-0.1, -0.05) is 32.0 Å². The third kappa shape index (κ3) is 2.87. The van der Waals surface area contributed by atoms with Gasteiger partial charge in [0.25, 0.3) is 11.8 Å². The zero-order chi connectivity index (χ0) is 17.3. The number of anilines is 1. The van der Waals surface area contributed by atoms with Crippen LogP contribution in [0.4, 0.5) is 5.69 Å². The summed E-state index contributed by atoms with van der Waals surface area (Å²) in [5, 5.41) is 2.10. The molecule has 0 atom stereocenters. The summed E-state index contributed by atoms with van der Waals surface area (Å²) in [6.07, 6.45) is 0. The first kappa shape index (κ1) is 16.8. The van der Waals surface area contributed by atoms with Crippen LogP contribution in [0.15, 0.2) is 46.7 Å². The predicted octanol–water partition coefficient (Wildman–Crippen LogP) is 4.18. The predicted molar refractivity (Wildman–Crippen MR) is 99.5 cm³/mol. The Morgan fingerprint density at radius 2 is 1.83 bits per heavy atom. The lowest BCUT2D eigenvalue weighted by Gasteiger charge is -2.18. The smallest absolute Gasteiger partial charge is 0.272 e. The van der Waals surface area contributed by atoms with Crippen LogP contribution in [0.1, 0.15) is 18.7 Å². The van der Waals surface area contributed by atoms with E-state index in [1.807, 2.05) is 37.4 Å². The summed E-state index contributed by atoms with van der Waals surface area (Å²) < 4.78 is 5.33. The molecule has 124 valence electrons. The number of hydrogen-bond acceptors (Lipinski definition) is 5. The molecule has 1 aliphatic rings. The lowest BCUT2D eigenvalue weighted by molar-refractivity contribution is -0.119. The number of carbonyl (C=O) groups is 2. The van der Waals surface area contributed by atoms with Gasteiger partial charge in [-0.3, -0.25) is 9.59 Å². The van der Waals surface area contributed by atoms with Crippen LogP contribution in [-0.2, 0) is 9.59 Å². The topological polar surface area (TPSA) is 46.6 Å². The van der Waals surface area contributed by atoms with E-state index in [2.05, 4.69) is 0 Å². The minimum absolute atomic E-state index is 0.198. The van der Waals surface area contributed by atoms with Gasteiger partial charge in [0, 0.05) is 10.1 Å². The van der Waals surface area contributed by atoms with E-state index in [9.17, 15) is 9.59 Å². The molecule has 3 rings (SSSR count). The highest BCUT2D eigenvalue weighted by atomic mass is 32.2. The number of rotatable bonds is 5. The number of benzene rings is 1. The third-order valence-electron chi connectivity index (χ3n) is 3.49. The van der Waals surface area contributed by atoms with Crippen molar-refractivity contribution in [2.45, 2.75) is 19.1 Å². The Bertz CT molecular complexity index is 809. The largest absolute Gasteiger partial charge is 0.495 e. The van der Waals surface area contributed by atoms with Gasteiger partial charge in [-0.2, -0.15) is 0 Å². The molecule has 4 nitrogen and oxygen atoms in total. The number of amides is 2. The van der Waals surface area contributed by atoms with E-state index in [-0.39, 0.29) is 17.1 Å². The van der Waals surface area contributed by atoms with Gasteiger partial charge in [-0.25, -0.2) is 4.90 Å². The highest BCUT2D eigenvalue weighted by Crippen LogP contribution is 2.43. The summed E-state index contributed by atoms with van der Waals surface area (Å²) in [4.78, 5) is 28.6. The van der Waals surface area contributed by atoms with Crippen molar-refractivity contribution in [2.75, 3.05) is 12.0 Å². The first-order chi connectivity index (χ1) is 11.5. The number of carbonyl (C=O) groups excluding carboxylic acids is 2. The Morgan fingerprint density at radius 1 is 1.08 bits per heavy atom. The third-order valence-corrected chi connectivity index (χ3v) is 5.46. The second kappa shape index (κ2) is 6.83. The first-order valence-corrected chi connectivity index (χ1v) is 9.27. The van der Waals surface area contributed by atoms with Crippen molar-refractivity contribution in [3.05, 3.63) is 51.6 Å². The molecule has 0 radical (unpaired) electrons. The van der Waals surface area contributed by atoms with E-state index in [1.165, 1.54) is 35.1 Å². The average molecular weight is 359 g/mol. The Morgan fingerprint density at radius 3 is 2.46 bits per heavy atom.